The fraction of sp³-hybridized carbons (Fsp3) is 0.786. The van der Waals surface area contributed by atoms with Crippen LogP contribution in [0.5, 0.6) is 0 Å². The van der Waals surface area contributed by atoms with Crippen molar-refractivity contribution in [3.8, 4) is 0 Å². The second-order valence-corrected chi connectivity index (χ2v) is 8.17. The molecule has 0 radical (unpaired) electrons. The molecule has 0 aromatic heterocycles. The molecule has 2 unspecified atom stereocenters. The highest BCUT2D eigenvalue weighted by atomic mass is 79.9. The average Bonchev–Trinajstić information content (AvgIpc) is 3.08. The van der Waals surface area contributed by atoms with Crippen LogP contribution in [0.4, 0.5) is 0 Å². The van der Waals surface area contributed by atoms with E-state index in [9.17, 15) is 4.79 Å². The van der Waals surface area contributed by atoms with Gasteiger partial charge < -0.3 is 19.5 Å². The van der Waals surface area contributed by atoms with Crippen LogP contribution in [-0.4, -0.2) is 49.4 Å². The summed E-state index contributed by atoms with van der Waals surface area (Å²) in [5, 5.41) is 3.37. The second kappa shape index (κ2) is 6.58. The maximum absolute atomic E-state index is 11.8. The molecule has 2 heterocycles. The first-order chi connectivity index (χ1) is 10.1. The lowest BCUT2D eigenvalue weighted by molar-refractivity contribution is -0.179. The third-order valence-electron chi connectivity index (χ3n) is 4.30. The number of carbonyl (C=O) groups excluding carboxylic acids is 1. The monoisotopic (exact) mass is 377 g/mol. The third-order valence-corrected chi connectivity index (χ3v) is 6.22. The minimum atomic E-state index is -0.333. The molecule has 0 bridgehead atoms. The number of nitrogens with one attached hydrogen (secondary N) is 1. The molecule has 1 saturated heterocycles. The molecule has 0 aromatic rings. The summed E-state index contributed by atoms with van der Waals surface area (Å²) in [6.07, 6.45) is 5.89. The highest BCUT2D eigenvalue weighted by molar-refractivity contribution is 9.14. The number of methoxy groups -OCH3 is 1. The number of esters is 1. The van der Waals surface area contributed by atoms with E-state index < -0.39 is 0 Å². The Labute approximate surface area is 137 Å². The van der Waals surface area contributed by atoms with Crippen LogP contribution in [-0.2, 0) is 19.0 Å². The zero-order valence-corrected chi connectivity index (χ0v) is 14.4. The van der Waals surface area contributed by atoms with E-state index in [0.717, 1.165) is 29.5 Å². The van der Waals surface area contributed by atoms with Crippen molar-refractivity contribution >= 4 is 33.7 Å². The van der Waals surface area contributed by atoms with Gasteiger partial charge in [-0.25, -0.2) is 0 Å². The first kappa shape index (κ1) is 15.8. The molecule has 1 spiro atoms. The lowest BCUT2D eigenvalue weighted by atomic mass is 9.89. The van der Waals surface area contributed by atoms with Crippen molar-refractivity contribution in [3.05, 3.63) is 9.89 Å². The number of thioether (sulfide) groups is 1. The Morgan fingerprint density at radius 3 is 2.71 bits per heavy atom. The summed E-state index contributed by atoms with van der Waals surface area (Å²) in [5.74, 6) is -0.515. The van der Waals surface area contributed by atoms with E-state index in [1.807, 2.05) is 0 Å². The summed E-state index contributed by atoms with van der Waals surface area (Å²) in [5.41, 5.74) is 0. The lowest BCUT2D eigenvalue weighted by Gasteiger charge is -2.37. The van der Waals surface area contributed by atoms with Gasteiger partial charge in [0, 0.05) is 22.7 Å². The Morgan fingerprint density at radius 1 is 1.43 bits per heavy atom. The maximum Gasteiger partial charge on any atom is 0.321 e. The summed E-state index contributed by atoms with van der Waals surface area (Å²) in [7, 11) is 1.44. The number of hydrogen-bond acceptors (Lipinski definition) is 6. The average molecular weight is 378 g/mol. The van der Waals surface area contributed by atoms with Crippen molar-refractivity contribution in [1.29, 1.82) is 0 Å². The van der Waals surface area contributed by atoms with Crippen LogP contribution in [0.15, 0.2) is 9.89 Å². The molecular formula is C14H20BrNO4S. The number of rotatable bonds is 3. The van der Waals surface area contributed by atoms with Gasteiger partial charge in [0.2, 0.25) is 0 Å². The minimum Gasteiger partial charge on any atom is -0.468 e. The summed E-state index contributed by atoms with van der Waals surface area (Å²) < 4.78 is 17.4. The molecule has 1 saturated carbocycles. The van der Waals surface area contributed by atoms with Crippen LogP contribution in [0.3, 0.4) is 0 Å². The van der Waals surface area contributed by atoms with Crippen molar-refractivity contribution in [2.24, 2.45) is 0 Å². The fourth-order valence-corrected chi connectivity index (χ4v) is 5.04. The molecule has 7 heteroatoms. The van der Waals surface area contributed by atoms with Crippen LogP contribution in [0.1, 0.15) is 25.7 Å². The van der Waals surface area contributed by atoms with Crippen LogP contribution in [0.25, 0.3) is 0 Å². The number of ether oxygens (including phenoxy) is 3. The maximum atomic E-state index is 11.8. The predicted octanol–water partition coefficient (Wildman–Crippen LogP) is 2.16. The van der Waals surface area contributed by atoms with Crippen molar-refractivity contribution in [1.82, 2.24) is 5.32 Å². The van der Waals surface area contributed by atoms with E-state index in [2.05, 4.69) is 27.3 Å². The largest absolute Gasteiger partial charge is 0.468 e. The van der Waals surface area contributed by atoms with Gasteiger partial charge in [-0.3, -0.25) is 4.79 Å². The minimum absolute atomic E-state index is 0.0151. The van der Waals surface area contributed by atoms with Gasteiger partial charge in [0.15, 0.2) is 5.79 Å². The third kappa shape index (κ3) is 3.47. The molecule has 0 aromatic carbocycles. The van der Waals surface area contributed by atoms with Gasteiger partial charge in [-0.2, -0.15) is 0 Å². The normalized spacial score (nSPS) is 32.4. The molecular weight excluding hydrogens is 358 g/mol. The van der Waals surface area contributed by atoms with Crippen molar-refractivity contribution < 1.29 is 19.0 Å². The summed E-state index contributed by atoms with van der Waals surface area (Å²) in [6.45, 7) is 1.41. The van der Waals surface area contributed by atoms with Crippen molar-refractivity contribution in [3.63, 3.8) is 0 Å². The smallest absolute Gasteiger partial charge is 0.321 e. The molecule has 1 N–H and O–H groups in total. The zero-order chi connectivity index (χ0) is 14.9. The van der Waals surface area contributed by atoms with Crippen LogP contribution in [0, 0.1) is 0 Å². The SMILES string of the molecule is COC(=O)C1SC(Br)=CC1NC1CCC2(CC1)OCCO2. The van der Waals surface area contributed by atoms with Crippen LogP contribution >= 0.6 is 27.7 Å². The van der Waals surface area contributed by atoms with Gasteiger partial charge in [-0.15, -0.1) is 11.8 Å². The van der Waals surface area contributed by atoms with Gasteiger partial charge in [-0.1, -0.05) is 0 Å². The lowest BCUT2D eigenvalue weighted by Crippen LogP contribution is -2.48. The highest BCUT2D eigenvalue weighted by Gasteiger charge is 2.42. The number of halogens is 1. The Morgan fingerprint density at radius 2 is 2.10 bits per heavy atom. The first-order valence-electron chi connectivity index (χ1n) is 7.28. The van der Waals surface area contributed by atoms with Crippen LogP contribution < -0.4 is 5.32 Å². The number of carbonyl (C=O) groups is 1. The Bertz CT molecular complexity index is 429. The zero-order valence-electron chi connectivity index (χ0n) is 12.0. The van der Waals surface area contributed by atoms with E-state index in [-0.39, 0.29) is 23.0 Å². The highest BCUT2D eigenvalue weighted by Crippen LogP contribution is 2.39. The van der Waals surface area contributed by atoms with E-state index in [0.29, 0.717) is 19.3 Å². The molecule has 0 amide bonds. The van der Waals surface area contributed by atoms with E-state index in [4.69, 9.17) is 14.2 Å². The van der Waals surface area contributed by atoms with E-state index in [1.165, 1.54) is 18.9 Å². The van der Waals surface area contributed by atoms with Crippen molar-refractivity contribution in [2.75, 3.05) is 20.3 Å². The first-order valence-corrected chi connectivity index (χ1v) is 8.95. The molecule has 2 aliphatic heterocycles. The number of hydrogen-bond donors (Lipinski definition) is 1. The Kier molecular flexibility index (Phi) is 4.95. The van der Waals surface area contributed by atoms with E-state index in [1.54, 1.807) is 0 Å². The molecule has 1 aliphatic carbocycles. The molecule has 2 fully saturated rings. The van der Waals surface area contributed by atoms with Crippen LogP contribution in [0.2, 0.25) is 0 Å². The topological polar surface area (TPSA) is 56.8 Å². The molecule has 21 heavy (non-hydrogen) atoms. The van der Waals surface area contributed by atoms with Gasteiger partial charge in [-0.05, 0) is 34.8 Å². The van der Waals surface area contributed by atoms with Crippen molar-refractivity contribution in [2.45, 2.75) is 48.8 Å². The Hall–Kier alpha value is -0.0800. The second-order valence-electron chi connectivity index (χ2n) is 5.61. The summed E-state index contributed by atoms with van der Waals surface area (Å²) >= 11 is 4.97. The van der Waals surface area contributed by atoms with Gasteiger partial charge >= 0.3 is 5.97 Å². The van der Waals surface area contributed by atoms with Gasteiger partial charge in [0.25, 0.3) is 0 Å². The summed E-state index contributed by atoms with van der Waals surface area (Å²) in [4.78, 5) is 11.8. The molecule has 3 aliphatic rings. The Balaban J connectivity index is 1.55. The standard InChI is InChI=1S/C14H20BrNO4S/c1-18-13(17)12-10(8-11(15)21-12)16-9-2-4-14(5-3-9)19-6-7-20-14/h8-10,12,16H,2-7H2,1H3. The molecule has 2 atom stereocenters. The van der Waals surface area contributed by atoms with Gasteiger partial charge in [0.05, 0.1) is 26.4 Å². The summed E-state index contributed by atoms with van der Waals surface area (Å²) in [6, 6.07) is 0.400. The van der Waals surface area contributed by atoms with E-state index >= 15 is 0 Å². The predicted molar refractivity (Wildman–Crippen MR) is 84.2 cm³/mol. The fourth-order valence-electron chi connectivity index (χ4n) is 3.19. The quantitative estimate of drug-likeness (QED) is 0.760. The molecule has 3 rings (SSSR count). The van der Waals surface area contributed by atoms with Gasteiger partial charge in [0.1, 0.15) is 5.25 Å². The molecule has 5 nitrogen and oxygen atoms in total. The molecule has 118 valence electrons.